The highest BCUT2D eigenvalue weighted by Gasteiger charge is 2.26. The third kappa shape index (κ3) is 2.75. The van der Waals surface area contributed by atoms with Crippen LogP contribution in [0.2, 0.25) is 0 Å². The lowest BCUT2D eigenvalue weighted by Crippen LogP contribution is -2.14. The lowest BCUT2D eigenvalue weighted by atomic mass is 9.82. The summed E-state index contributed by atoms with van der Waals surface area (Å²) in [6.07, 6.45) is 4.87. The van der Waals surface area contributed by atoms with E-state index in [1.807, 2.05) is 30.3 Å². The number of hydrogen-bond donors (Lipinski definition) is 1. The third-order valence-electron chi connectivity index (χ3n) is 4.18. The average molecular weight is 271 g/mol. The number of nitrogens with zero attached hydrogens (tertiary/aromatic N) is 2. The van der Waals surface area contributed by atoms with Gasteiger partial charge in [-0.05, 0) is 24.3 Å². The smallest absolute Gasteiger partial charge is 0.248 e. The maximum Gasteiger partial charge on any atom is 0.248 e. The summed E-state index contributed by atoms with van der Waals surface area (Å²) in [5, 5.41) is 4.15. The van der Waals surface area contributed by atoms with Gasteiger partial charge in [-0.1, -0.05) is 55.3 Å². The standard InChI is InChI=1S/C16H21N3O/c1-11-6-5-9-13(10-11)15-18-16(20-19-15)14(17)12-7-3-2-4-8-12/h2-4,7-8,11,13-14H,5-6,9-10,17H2,1H3/t11?,13?,14-/m1/s1. The number of benzene rings is 1. The Kier molecular flexibility index (Phi) is 3.83. The lowest BCUT2D eigenvalue weighted by Gasteiger charge is -2.23. The molecule has 2 aromatic rings. The molecule has 0 aliphatic heterocycles. The van der Waals surface area contributed by atoms with E-state index in [1.165, 1.54) is 12.8 Å². The summed E-state index contributed by atoms with van der Waals surface area (Å²) < 4.78 is 5.38. The molecule has 1 heterocycles. The van der Waals surface area contributed by atoms with Crippen molar-refractivity contribution in [3.05, 3.63) is 47.6 Å². The SMILES string of the molecule is CC1CCCC(c2noc([C@H](N)c3ccccc3)n2)C1. The molecule has 1 fully saturated rings. The molecule has 1 aliphatic carbocycles. The van der Waals surface area contributed by atoms with Gasteiger partial charge in [-0.2, -0.15) is 4.98 Å². The summed E-state index contributed by atoms with van der Waals surface area (Å²) in [6.45, 7) is 2.29. The van der Waals surface area contributed by atoms with Crippen molar-refractivity contribution in [1.82, 2.24) is 10.1 Å². The van der Waals surface area contributed by atoms with Crippen LogP contribution in [-0.4, -0.2) is 10.1 Å². The van der Waals surface area contributed by atoms with E-state index in [0.29, 0.717) is 11.8 Å². The highest BCUT2D eigenvalue weighted by molar-refractivity contribution is 5.23. The van der Waals surface area contributed by atoms with Gasteiger partial charge in [0.25, 0.3) is 0 Å². The van der Waals surface area contributed by atoms with E-state index < -0.39 is 0 Å². The first kappa shape index (κ1) is 13.3. The zero-order valence-corrected chi connectivity index (χ0v) is 11.8. The second kappa shape index (κ2) is 5.75. The van der Waals surface area contributed by atoms with Crippen LogP contribution in [0.5, 0.6) is 0 Å². The van der Waals surface area contributed by atoms with Crippen molar-refractivity contribution in [3.63, 3.8) is 0 Å². The lowest BCUT2D eigenvalue weighted by molar-refractivity contribution is 0.318. The second-order valence-corrected chi connectivity index (χ2v) is 5.85. The van der Waals surface area contributed by atoms with Gasteiger partial charge >= 0.3 is 0 Å². The summed E-state index contributed by atoms with van der Waals surface area (Å²) in [7, 11) is 0. The van der Waals surface area contributed by atoms with E-state index in [9.17, 15) is 0 Å². The zero-order valence-electron chi connectivity index (χ0n) is 11.8. The summed E-state index contributed by atoms with van der Waals surface area (Å²) in [4.78, 5) is 4.54. The highest BCUT2D eigenvalue weighted by Crippen LogP contribution is 2.34. The van der Waals surface area contributed by atoms with E-state index in [-0.39, 0.29) is 6.04 Å². The van der Waals surface area contributed by atoms with Crippen molar-refractivity contribution < 1.29 is 4.52 Å². The molecule has 106 valence electrons. The predicted molar refractivity (Wildman–Crippen MR) is 77.1 cm³/mol. The maximum atomic E-state index is 6.19. The molecule has 0 radical (unpaired) electrons. The molecule has 1 aliphatic rings. The van der Waals surface area contributed by atoms with Gasteiger partial charge in [0, 0.05) is 5.92 Å². The van der Waals surface area contributed by atoms with Gasteiger partial charge in [0.2, 0.25) is 5.89 Å². The van der Waals surface area contributed by atoms with Crippen molar-refractivity contribution in [1.29, 1.82) is 0 Å². The molecule has 3 atom stereocenters. The summed E-state index contributed by atoms with van der Waals surface area (Å²) >= 11 is 0. The minimum atomic E-state index is -0.335. The molecule has 0 amide bonds. The van der Waals surface area contributed by atoms with E-state index in [0.717, 1.165) is 30.1 Å². The van der Waals surface area contributed by atoms with Gasteiger partial charge in [0.05, 0.1) is 0 Å². The summed E-state index contributed by atoms with van der Waals surface area (Å²) in [5.74, 6) is 2.53. The van der Waals surface area contributed by atoms with Crippen LogP contribution in [0.3, 0.4) is 0 Å². The Bertz CT molecular complexity index is 552. The fraction of sp³-hybridized carbons (Fsp3) is 0.500. The Morgan fingerprint density at radius 2 is 2.05 bits per heavy atom. The summed E-state index contributed by atoms with van der Waals surface area (Å²) in [5.41, 5.74) is 7.19. The van der Waals surface area contributed by atoms with E-state index in [2.05, 4.69) is 17.1 Å². The van der Waals surface area contributed by atoms with Gasteiger partial charge in [-0.25, -0.2) is 0 Å². The van der Waals surface area contributed by atoms with Crippen LogP contribution in [0.15, 0.2) is 34.9 Å². The van der Waals surface area contributed by atoms with Crippen LogP contribution in [0.4, 0.5) is 0 Å². The first-order chi connectivity index (χ1) is 9.74. The normalized spacial score (nSPS) is 24.5. The molecular weight excluding hydrogens is 250 g/mol. The Labute approximate surface area is 119 Å². The molecule has 2 N–H and O–H groups in total. The molecule has 20 heavy (non-hydrogen) atoms. The summed E-state index contributed by atoms with van der Waals surface area (Å²) in [6, 6.07) is 9.54. The van der Waals surface area contributed by atoms with Crippen LogP contribution in [0, 0.1) is 5.92 Å². The van der Waals surface area contributed by atoms with Gasteiger partial charge in [-0.15, -0.1) is 0 Å². The van der Waals surface area contributed by atoms with Gasteiger partial charge in [0.1, 0.15) is 6.04 Å². The molecule has 4 nitrogen and oxygen atoms in total. The number of nitrogens with two attached hydrogens (primary N) is 1. The maximum absolute atomic E-state index is 6.19. The first-order valence-corrected chi connectivity index (χ1v) is 7.38. The van der Waals surface area contributed by atoms with Crippen molar-refractivity contribution >= 4 is 0 Å². The van der Waals surface area contributed by atoms with Crippen LogP contribution < -0.4 is 5.73 Å². The first-order valence-electron chi connectivity index (χ1n) is 7.38. The van der Waals surface area contributed by atoms with Crippen LogP contribution in [-0.2, 0) is 0 Å². The van der Waals surface area contributed by atoms with E-state index >= 15 is 0 Å². The molecule has 2 unspecified atom stereocenters. The third-order valence-corrected chi connectivity index (χ3v) is 4.18. The van der Waals surface area contributed by atoms with Crippen molar-refractivity contribution in [2.75, 3.05) is 0 Å². The predicted octanol–water partition coefficient (Wildman–Crippen LogP) is 3.41. The minimum Gasteiger partial charge on any atom is -0.337 e. The van der Waals surface area contributed by atoms with E-state index in [1.54, 1.807) is 0 Å². The van der Waals surface area contributed by atoms with Gasteiger partial charge < -0.3 is 10.3 Å². The monoisotopic (exact) mass is 271 g/mol. The Morgan fingerprint density at radius 3 is 2.80 bits per heavy atom. The Hall–Kier alpha value is -1.68. The number of aromatic nitrogens is 2. The topological polar surface area (TPSA) is 64.9 Å². The number of hydrogen-bond acceptors (Lipinski definition) is 4. The van der Waals surface area contributed by atoms with Gasteiger partial charge in [0.15, 0.2) is 5.82 Å². The molecule has 1 aromatic carbocycles. The quantitative estimate of drug-likeness (QED) is 0.929. The minimum absolute atomic E-state index is 0.335. The van der Waals surface area contributed by atoms with E-state index in [4.69, 9.17) is 10.3 Å². The molecular formula is C16H21N3O. The van der Waals surface area contributed by atoms with Crippen LogP contribution in [0.25, 0.3) is 0 Å². The zero-order chi connectivity index (χ0) is 13.9. The highest BCUT2D eigenvalue weighted by atomic mass is 16.5. The molecule has 0 saturated heterocycles. The van der Waals surface area contributed by atoms with Crippen LogP contribution in [0.1, 0.15) is 61.8 Å². The average Bonchev–Trinajstić information content (AvgIpc) is 2.97. The fourth-order valence-corrected chi connectivity index (χ4v) is 3.01. The fourth-order valence-electron chi connectivity index (χ4n) is 3.01. The molecule has 1 aromatic heterocycles. The largest absolute Gasteiger partial charge is 0.337 e. The Morgan fingerprint density at radius 1 is 1.25 bits per heavy atom. The molecule has 4 heteroatoms. The van der Waals surface area contributed by atoms with Crippen LogP contribution >= 0.6 is 0 Å². The Balaban J connectivity index is 1.76. The molecule has 0 bridgehead atoms. The second-order valence-electron chi connectivity index (χ2n) is 5.85. The molecule has 1 saturated carbocycles. The molecule has 0 spiro atoms. The van der Waals surface area contributed by atoms with Crippen molar-refractivity contribution in [3.8, 4) is 0 Å². The molecule has 3 rings (SSSR count). The number of rotatable bonds is 3. The van der Waals surface area contributed by atoms with Crippen molar-refractivity contribution in [2.45, 2.75) is 44.6 Å². The van der Waals surface area contributed by atoms with Gasteiger partial charge in [-0.3, -0.25) is 0 Å². The van der Waals surface area contributed by atoms with Crippen molar-refractivity contribution in [2.24, 2.45) is 11.7 Å².